The Bertz CT molecular complexity index is 599. The Morgan fingerprint density at radius 1 is 1.27 bits per heavy atom. The van der Waals surface area contributed by atoms with Gasteiger partial charge in [-0.15, -0.1) is 0 Å². The normalized spacial score (nSPS) is 20.8. The molecule has 1 unspecified atom stereocenters. The van der Waals surface area contributed by atoms with E-state index in [4.69, 9.17) is 0 Å². The van der Waals surface area contributed by atoms with Crippen LogP contribution >= 0.6 is 21.6 Å². The average Bonchev–Trinajstić information content (AvgIpc) is 3.17. The van der Waals surface area contributed by atoms with Crippen LogP contribution < -0.4 is 5.32 Å². The highest BCUT2D eigenvalue weighted by Gasteiger charge is 2.30. The van der Waals surface area contributed by atoms with Crippen LogP contribution in [-0.4, -0.2) is 40.4 Å². The number of nitrogens with one attached hydrogen (secondary N) is 1. The molecule has 0 spiro atoms. The van der Waals surface area contributed by atoms with Crippen LogP contribution in [0.3, 0.4) is 0 Å². The molecule has 2 aliphatic rings. The van der Waals surface area contributed by atoms with E-state index < -0.39 is 0 Å². The van der Waals surface area contributed by atoms with Gasteiger partial charge in [0.2, 0.25) is 5.91 Å². The molecule has 3 rings (SSSR count). The predicted molar refractivity (Wildman–Crippen MR) is 115 cm³/mol. The topological polar surface area (TPSA) is 32.3 Å². The highest BCUT2D eigenvalue weighted by Crippen LogP contribution is 2.39. The summed E-state index contributed by atoms with van der Waals surface area (Å²) in [7, 11) is 4.04. The molecule has 0 bridgehead atoms. The first-order valence-electron chi connectivity index (χ1n) is 9.91. The molecule has 5 heteroatoms. The Balaban J connectivity index is 1.37. The fraction of sp³-hybridized carbons (Fsp3) is 0.667. The second-order valence-corrected chi connectivity index (χ2v) is 10.9. The van der Waals surface area contributed by atoms with Crippen LogP contribution in [0.1, 0.15) is 57.1 Å². The molecule has 0 aliphatic carbocycles. The van der Waals surface area contributed by atoms with Crippen molar-refractivity contribution < 1.29 is 4.79 Å². The molecule has 2 aliphatic heterocycles. The molecule has 1 atom stereocenters. The highest BCUT2D eigenvalue weighted by molar-refractivity contribution is 8.77. The number of fused-ring (bicyclic) bond motifs is 1. The summed E-state index contributed by atoms with van der Waals surface area (Å²) < 4.78 is 0. The lowest BCUT2D eigenvalue weighted by molar-refractivity contribution is -0.121. The zero-order valence-electron chi connectivity index (χ0n) is 16.1. The Morgan fingerprint density at radius 3 is 2.85 bits per heavy atom. The van der Waals surface area contributed by atoms with Crippen LogP contribution in [0.5, 0.6) is 0 Å². The maximum atomic E-state index is 12.2. The van der Waals surface area contributed by atoms with Gasteiger partial charge in [0.15, 0.2) is 0 Å². The van der Waals surface area contributed by atoms with Crippen LogP contribution in [0, 0.1) is 0 Å². The van der Waals surface area contributed by atoms with Crippen molar-refractivity contribution in [3.8, 4) is 0 Å². The van der Waals surface area contributed by atoms with E-state index in [9.17, 15) is 4.79 Å². The van der Waals surface area contributed by atoms with Gasteiger partial charge < -0.3 is 5.32 Å². The number of unbranched alkanes of at least 4 members (excludes halogenated alkanes) is 1. The van der Waals surface area contributed by atoms with Crippen molar-refractivity contribution >= 4 is 27.5 Å². The largest absolute Gasteiger partial charge is 0.354 e. The number of hydrogen-bond acceptors (Lipinski definition) is 4. The summed E-state index contributed by atoms with van der Waals surface area (Å²) in [4.78, 5) is 14.7. The van der Waals surface area contributed by atoms with Crippen LogP contribution in [-0.2, 0) is 17.8 Å². The summed E-state index contributed by atoms with van der Waals surface area (Å²) >= 11 is 0. The first-order valence-corrected chi connectivity index (χ1v) is 12.3. The lowest BCUT2D eigenvalue weighted by atomic mass is 9.94. The minimum absolute atomic E-state index is 0.0130. The van der Waals surface area contributed by atoms with E-state index in [2.05, 4.69) is 48.3 Å². The molecule has 26 heavy (non-hydrogen) atoms. The molecule has 1 aromatic rings. The Labute approximate surface area is 166 Å². The van der Waals surface area contributed by atoms with Gasteiger partial charge in [0, 0.05) is 42.6 Å². The number of nitrogens with zero attached hydrogens (tertiary/aromatic N) is 1. The van der Waals surface area contributed by atoms with Gasteiger partial charge in [-0.2, -0.15) is 0 Å². The number of hydrogen-bond donors (Lipinski definition) is 1. The summed E-state index contributed by atoms with van der Waals surface area (Å²) in [5.74, 6) is 1.51. The summed E-state index contributed by atoms with van der Waals surface area (Å²) in [5, 5.41) is 4.01. The van der Waals surface area contributed by atoms with Crippen molar-refractivity contribution in [3.05, 3.63) is 35.4 Å². The number of carbonyl (C=O) groups excluding carboxylic acids is 1. The minimum atomic E-state index is -0.0130. The van der Waals surface area contributed by atoms with Gasteiger partial charge in [-0.1, -0.05) is 52.3 Å². The van der Waals surface area contributed by atoms with E-state index in [0.29, 0.717) is 6.42 Å². The third kappa shape index (κ3) is 5.67. The van der Waals surface area contributed by atoms with Gasteiger partial charge in [0.05, 0.1) is 0 Å². The van der Waals surface area contributed by atoms with Crippen molar-refractivity contribution in [2.75, 3.05) is 18.8 Å². The summed E-state index contributed by atoms with van der Waals surface area (Å²) in [6.07, 6.45) is 6.58. The van der Waals surface area contributed by atoms with Gasteiger partial charge in [-0.25, -0.2) is 0 Å². The van der Waals surface area contributed by atoms with E-state index in [0.717, 1.165) is 37.7 Å². The SMILES string of the molecule is CC(C)(CNC(=O)CCCCC1CCSS1)N1CCc2ccccc2C1. The van der Waals surface area contributed by atoms with Gasteiger partial charge in [0.25, 0.3) is 0 Å². The summed E-state index contributed by atoms with van der Waals surface area (Å²) in [5.41, 5.74) is 2.89. The minimum Gasteiger partial charge on any atom is -0.354 e. The Hall–Kier alpha value is -0.650. The highest BCUT2D eigenvalue weighted by atomic mass is 33.1. The van der Waals surface area contributed by atoms with Crippen LogP contribution in [0.15, 0.2) is 24.3 Å². The maximum absolute atomic E-state index is 12.2. The second kappa shape index (κ2) is 9.52. The molecule has 1 amide bonds. The molecule has 1 saturated heterocycles. The average molecular weight is 393 g/mol. The first kappa shape index (κ1) is 20.1. The summed E-state index contributed by atoms with van der Waals surface area (Å²) in [6.45, 7) is 7.27. The first-order chi connectivity index (χ1) is 12.5. The van der Waals surface area contributed by atoms with Crippen molar-refractivity contribution in [1.29, 1.82) is 0 Å². The molecule has 1 aromatic carbocycles. The molecule has 1 N–H and O–H groups in total. The van der Waals surface area contributed by atoms with Gasteiger partial charge >= 0.3 is 0 Å². The van der Waals surface area contributed by atoms with E-state index in [1.165, 1.54) is 36.1 Å². The molecule has 3 nitrogen and oxygen atoms in total. The fourth-order valence-electron chi connectivity index (χ4n) is 3.75. The third-order valence-electron chi connectivity index (χ3n) is 5.61. The van der Waals surface area contributed by atoms with E-state index in [1.54, 1.807) is 0 Å². The quantitative estimate of drug-likeness (QED) is 0.515. The van der Waals surface area contributed by atoms with Gasteiger partial charge in [0.1, 0.15) is 0 Å². The number of rotatable bonds is 8. The second-order valence-electron chi connectivity index (χ2n) is 8.10. The number of benzene rings is 1. The molecule has 144 valence electrons. The molecular weight excluding hydrogens is 360 g/mol. The number of carbonyl (C=O) groups is 1. The monoisotopic (exact) mass is 392 g/mol. The Morgan fingerprint density at radius 2 is 2.08 bits per heavy atom. The zero-order valence-corrected chi connectivity index (χ0v) is 17.8. The van der Waals surface area contributed by atoms with Crippen molar-refractivity contribution in [1.82, 2.24) is 10.2 Å². The van der Waals surface area contributed by atoms with Crippen molar-refractivity contribution in [3.63, 3.8) is 0 Å². The predicted octanol–water partition coefficient (Wildman–Crippen LogP) is 4.65. The zero-order chi connectivity index (χ0) is 18.4. The van der Waals surface area contributed by atoms with E-state index in [-0.39, 0.29) is 11.4 Å². The van der Waals surface area contributed by atoms with E-state index >= 15 is 0 Å². The van der Waals surface area contributed by atoms with E-state index in [1.807, 2.05) is 21.6 Å². The molecular formula is C21H32N2OS2. The van der Waals surface area contributed by atoms with Gasteiger partial charge in [-0.3, -0.25) is 9.69 Å². The maximum Gasteiger partial charge on any atom is 0.220 e. The smallest absolute Gasteiger partial charge is 0.220 e. The molecule has 0 radical (unpaired) electrons. The lowest BCUT2D eigenvalue weighted by Gasteiger charge is -2.41. The molecule has 2 heterocycles. The standard InChI is InChI=1S/C21H32N2OS2/c1-21(2,23-13-11-17-7-3-4-8-18(17)15-23)16-22-20(24)10-6-5-9-19-12-14-25-26-19/h3-4,7-8,19H,5-6,9-16H2,1-2H3,(H,22,24). The van der Waals surface area contributed by atoms with Crippen molar-refractivity contribution in [2.24, 2.45) is 0 Å². The Kier molecular flexibility index (Phi) is 7.35. The summed E-state index contributed by atoms with van der Waals surface area (Å²) in [6, 6.07) is 8.73. The molecule has 0 aromatic heterocycles. The van der Waals surface area contributed by atoms with Gasteiger partial charge in [-0.05, 0) is 50.7 Å². The molecule has 1 fully saturated rings. The van der Waals surface area contributed by atoms with Crippen LogP contribution in [0.2, 0.25) is 0 Å². The number of amides is 1. The third-order valence-corrected chi connectivity index (χ3v) is 8.62. The lowest BCUT2D eigenvalue weighted by Crippen LogP contribution is -2.53. The van der Waals surface area contributed by atoms with Crippen LogP contribution in [0.4, 0.5) is 0 Å². The fourth-order valence-corrected chi connectivity index (χ4v) is 6.78. The van der Waals surface area contributed by atoms with Crippen LogP contribution in [0.25, 0.3) is 0 Å². The van der Waals surface area contributed by atoms with Crippen molar-refractivity contribution in [2.45, 2.75) is 69.7 Å². The molecule has 0 saturated carbocycles.